The fourth-order valence-corrected chi connectivity index (χ4v) is 1.98. The molecule has 0 bridgehead atoms. The average Bonchev–Trinajstić information content (AvgIpc) is 2.76. The molecule has 0 radical (unpaired) electrons. The summed E-state index contributed by atoms with van der Waals surface area (Å²) in [6, 6.07) is 1.74. The topological polar surface area (TPSA) is 62.7 Å². The fourth-order valence-electron chi connectivity index (χ4n) is 1.98. The predicted molar refractivity (Wildman–Crippen MR) is 74.2 cm³/mol. The van der Waals surface area contributed by atoms with Crippen LogP contribution in [0.4, 0.5) is 0 Å². The van der Waals surface area contributed by atoms with E-state index in [9.17, 15) is 4.79 Å². The molecule has 0 spiro atoms. The molecule has 5 heteroatoms. The molecule has 2 rings (SSSR count). The van der Waals surface area contributed by atoms with E-state index in [1.165, 1.54) is 0 Å². The van der Waals surface area contributed by atoms with Gasteiger partial charge in [0.1, 0.15) is 0 Å². The molecule has 1 aromatic rings. The third-order valence-corrected chi connectivity index (χ3v) is 2.96. The highest BCUT2D eigenvalue weighted by Crippen LogP contribution is 2.08. The minimum Gasteiger partial charge on any atom is -0.395 e. The van der Waals surface area contributed by atoms with Gasteiger partial charge in [0.2, 0.25) is 0 Å². The van der Waals surface area contributed by atoms with Gasteiger partial charge in [0, 0.05) is 44.1 Å². The Hall–Kier alpha value is -1.90. The van der Waals surface area contributed by atoms with Crippen molar-refractivity contribution in [3.8, 4) is 11.8 Å². The standard InChI is InChI=1S/C15H18N2O3/c18-7-2-1-4-13-10-14(12-16-11-13)15(19)17-5-3-8-20-9-6-17/h10-12,18H,2-3,5-9H2. The van der Waals surface area contributed by atoms with Crippen molar-refractivity contribution in [1.29, 1.82) is 0 Å². The van der Waals surface area contributed by atoms with Crippen LogP contribution in [0, 0.1) is 11.8 Å². The predicted octanol–water partition coefficient (Wildman–Crippen LogP) is 0.678. The number of rotatable bonds is 2. The number of aromatic nitrogens is 1. The van der Waals surface area contributed by atoms with E-state index in [0.717, 1.165) is 6.42 Å². The molecule has 2 heterocycles. The number of amides is 1. The van der Waals surface area contributed by atoms with Gasteiger partial charge in [-0.2, -0.15) is 0 Å². The van der Waals surface area contributed by atoms with Gasteiger partial charge in [-0.25, -0.2) is 0 Å². The molecule has 1 aromatic heterocycles. The van der Waals surface area contributed by atoms with E-state index >= 15 is 0 Å². The molecule has 1 aliphatic heterocycles. The van der Waals surface area contributed by atoms with Crippen LogP contribution in [-0.4, -0.2) is 53.8 Å². The van der Waals surface area contributed by atoms with E-state index in [4.69, 9.17) is 9.84 Å². The largest absolute Gasteiger partial charge is 0.395 e. The Balaban J connectivity index is 2.09. The number of carbonyl (C=O) groups is 1. The van der Waals surface area contributed by atoms with E-state index in [1.807, 2.05) is 0 Å². The number of aliphatic hydroxyl groups excluding tert-OH is 1. The van der Waals surface area contributed by atoms with Crippen LogP contribution in [0.2, 0.25) is 0 Å². The highest BCUT2D eigenvalue weighted by atomic mass is 16.5. The second-order valence-corrected chi connectivity index (χ2v) is 4.50. The lowest BCUT2D eigenvalue weighted by Gasteiger charge is -2.19. The van der Waals surface area contributed by atoms with E-state index < -0.39 is 0 Å². The number of nitrogens with zero attached hydrogens (tertiary/aromatic N) is 2. The Morgan fingerprint density at radius 1 is 1.40 bits per heavy atom. The molecule has 0 atom stereocenters. The Morgan fingerprint density at radius 3 is 3.15 bits per heavy atom. The summed E-state index contributed by atoms with van der Waals surface area (Å²) < 4.78 is 5.34. The molecular weight excluding hydrogens is 256 g/mol. The maximum atomic E-state index is 12.4. The van der Waals surface area contributed by atoms with Crippen molar-refractivity contribution in [2.24, 2.45) is 0 Å². The number of hydrogen-bond donors (Lipinski definition) is 1. The van der Waals surface area contributed by atoms with Gasteiger partial charge in [0.05, 0.1) is 18.8 Å². The third kappa shape index (κ3) is 4.05. The number of hydrogen-bond acceptors (Lipinski definition) is 4. The first-order valence-electron chi connectivity index (χ1n) is 6.73. The third-order valence-electron chi connectivity index (χ3n) is 2.96. The zero-order valence-electron chi connectivity index (χ0n) is 11.3. The minimum absolute atomic E-state index is 0.0335. The van der Waals surface area contributed by atoms with E-state index in [-0.39, 0.29) is 12.5 Å². The molecule has 1 fully saturated rings. The van der Waals surface area contributed by atoms with E-state index in [0.29, 0.717) is 43.9 Å². The molecule has 106 valence electrons. The van der Waals surface area contributed by atoms with Crippen LogP contribution in [0.5, 0.6) is 0 Å². The smallest absolute Gasteiger partial charge is 0.255 e. The summed E-state index contributed by atoms with van der Waals surface area (Å²) >= 11 is 0. The lowest BCUT2D eigenvalue weighted by molar-refractivity contribution is 0.0741. The van der Waals surface area contributed by atoms with Crippen molar-refractivity contribution in [1.82, 2.24) is 9.88 Å². The van der Waals surface area contributed by atoms with Crippen LogP contribution in [0.3, 0.4) is 0 Å². The molecule has 0 unspecified atom stereocenters. The van der Waals surface area contributed by atoms with Crippen LogP contribution < -0.4 is 0 Å². The highest BCUT2D eigenvalue weighted by Gasteiger charge is 2.17. The summed E-state index contributed by atoms with van der Waals surface area (Å²) in [5.41, 5.74) is 1.23. The Bertz CT molecular complexity index is 511. The maximum absolute atomic E-state index is 12.4. The van der Waals surface area contributed by atoms with Crippen molar-refractivity contribution < 1.29 is 14.6 Å². The quantitative estimate of drug-likeness (QED) is 0.806. The first kappa shape index (κ1) is 14.5. The monoisotopic (exact) mass is 274 g/mol. The van der Waals surface area contributed by atoms with Gasteiger partial charge >= 0.3 is 0 Å². The summed E-state index contributed by atoms with van der Waals surface area (Å²) in [7, 11) is 0. The molecule has 1 saturated heterocycles. The van der Waals surface area contributed by atoms with Crippen LogP contribution >= 0.6 is 0 Å². The van der Waals surface area contributed by atoms with Gasteiger partial charge in [0.25, 0.3) is 5.91 Å². The lowest BCUT2D eigenvalue weighted by atomic mass is 10.2. The SMILES string of the molecule is O=C(c1cncc(C#CCCO)c1)N1CCCOCC1. The second-order valence-electron chi connectivity index (χ2n) is 4.50. The Labute approximate surface area is 118 Å². The number of aliphatic hydroxyl groups is 1. The Morgan fingerprint density at radius 2 is 2.30 bits per heavy atom. The minimum atomic E-state index is -0.0335. The van der Waals surface area contributed by atoms with Crippen molar-refractivity contribution in [2.45, 2.75) is 12.8 Å². The molecule has 0 aromatic carbocycles. The van der Waals surface area contributed by atoms with Crippen molar-refractivity contribution in [2.75, 3.05) is 32.9 Å². The molecule has 0 aliphatic carbocycles. The van der Waals surface area contributed by atoms with Crippen molar-refractivity contribution in [3.63, 3.8) is 0 Å². The highest BCUT2D eigenvalue weighted by molar-refractivity contribution is 5.94. The zero-order chi connectivity index (χ0) is 14.2. The fraction of sp³-hybridized carbons (Fsp3) is 0.467. The molecule has 0 saturated carbocycles. The van der Waals surface area contributed by atoms with Gasteiger partial charge in [-0.1, -0.05) is 11.8 Å². The van der Waals surface area contributed by atoms with Crippen LogP contribution in [0.25, 0.3) is 0 Å². The van der Waals surface area contributed by atoms with Crippen LogP contribution in [-0.2, 0) is 4.74 Å². The summed E-state index contributed by atoms with van der Waals surface area (Å²) in [6.45, 7) is 2.63. The van der Waals surface area contributed by atoms with Crippen molar-refractivity contribution >= 4 is 5.91 Å². The van der Waals surface area contributed by atoms with Gasteiger partial charge in [-0.3, -0.25) is 9.78 Å². The number of pyridine rings is 1. The van der Waals surface area contributed by atoms with E-state index in [1.54, 1.807) is 23.4 Å². The molecule has 5 nitrogen and oxygen atoms in total. The lowest BCUT2D eigenvalue weighted by Crippen LogP contribution is -2.33. The summed E-state index contributed by atoms with van der Waals surface area (Å²) in [5.74, 6) is 5.68. The average molecular weight is 274 g/mol. The summed E-state index contributed by atoms with van der Waals surface area (Å²) in [4.78, 5) is 18.2. The summed E-state index contributed by atoms with van der Waals surface area (Å²) in [5, 5.41) is 8.69. The van der Waals surface area contributed by atoms with Crippen LogP contribution in [0.1, 0.15) is 28.8 Å². The Kier molecular flexibility index (Phi) is 5.54. The summed E-state index contributed by atoms with van der Waals surface area (Å²) in [6.07, 6.45) is 4.45. The molecular formula is C15H18N2O3. The van der Waals surface area contributed by atoms with E-state index in [2.05, 4.69) is 16.8 Å². The first-order valence-corrected chi connectivity index (χ1v) is 6.73. The normalized spacial score (nSPS) is 15.2. The maximum Gasteiger partial charge on any atom is 0.255 e. The van der Waals surface area contributed by atoms with Gasteiger partial charge in [0.15, 0.2) is 0 Å². The number of carbonyl (C=O) groups excluding carboxylic acids is 1. The van der Waals surface area contributed by atoms with Gasteiger partial charge in [-0.15, -0.1) is 0 Å². The van der Waals surface area contributed by atoms with Crippen molar-refractivity contribution in [3.05, 3.63) is 29.6 Å². The molecule has 20 heavy (non-hydrogen) atoms. The molecule has 1 aliphatic rings. The number of ether oxygens (including phenoxy) is 1. The first-order chi connectivity index (χ1) is 9.81. The van der Waals surface area contributed by atoms with Gasteiger partial charge in [-0.05, 0) is 12.5 Å². The molecule has 1 N–H and O–H groups in total. The second kappa shape index (κ2) is 7.63. The van der Waals surface area contributed by atoms with Crippen LogP contribution in [0.15, 0.2) is 18.5 Å². The molecule has 1 amide bonds. The zero-order valence-corrected chi connectivity index (χ0v) is 11.3. The van der Waals surface area contributed by atoms with Gasteiger partial charge < -0.3 is 14.7 Å².